The second-order valence-electron chi connectivity index (χ2n) is 10.8. The molecule has 0 amide bonds. The molecule has 0 spiro atoms. The summed E-state index contributed by atoms with van der Waals surface area (Å²) in [5, 5.41) is 0. The molecule has 2 nitrogen and oxygen atoms in total. The van der Waals surface area contributed by atoms with Crippen LogP contribution in [0.15, 0.2) is 91.0 Å². The largest absolute Gasteiger partial charge is 0.796 e. The van der Waals surface area contributed by atoms with Crippen molar-refractivity contribution in [2.45, 2.75) is 128 Å². The predicted molar refractivity (Wildman–Crippen MR) is 229 cm³/mol. The van der Waals surface area contributed by atoms with E-state index in [0.29, 0.717) is 20.8 Å². The van der Waals surface area contributed by atoms with E-state index in [1.165, 1.54) is 42.2 Å². The van der Waals surface area contributed by atoms with Crippen molar-refractivity contribution in [1.29, 1.82) is 0 Å². The van der Waals surface area contributed by atoms with Crippen LogP contribution in [-0.2, 0) is 48.8 Å². The normalized spacial score (nSPS) is 12.9. The summed E-state index contributed by atoms with van der Waals surface area (Å²) in [6.45, 7) is 6.57. The molecule has 0 saturated heterocycles. The van der Waals surface area contributed by atoms with Crippen LogP contribution in [0.5, 0.6) is 0 Å². The molecule has 3 unspecified atom stereocenters. The number of hydrogen-bond acceptors (Lipinski definition) is 5. The van der Waals surface area contributed by atoms with Crippen LogP contribution in [0.4, 0.5) is 39.5 Å². The van der Waals surface area contributed by atoms with Crippen molar-refractivity contribution < 1.29 is 47.9 Å². The van der Waals surface area contributed by atoms with Crippen molar-refractivity contribution in [3.8, 4) is 0 Å². The summed E-state index contributed by atoms with van der Waals surface area (Å²) in [4.78, 5) is 0. The van der Waals surface area contributed by atoms with Gasteiger partial charge in [-0.15, -0.1) is 0 Å². The fourth-order valence-electron chi connectivity index (χ4n) is 3.01. The SMILES string of the molecule is C.C.C.C.C.C.CC(F)(F)C(C)(F)c1ccccc1.CC(F)(F)C(C)(F)c1ccccc1.CC(F)(F)C(C)(F)c1ccccc1.CCSC.C[S-].C[S-](=O)=O.[Rf]. The topological polar surface area (TPSA) is 34.1 Å². The maximum atomic E-state index is 13.6. The second-order valence-corrected chi connectivity index (χ2v) is 12.7. The van der Waals surface area contributed by atoms with Gasteiger partial charge in [0.05, 0.1) is 0 Å². The maximum Gasteiger partial charge on any atom is 0.282 e. The molecule has 0 saturated carbocycles. The molecule has 56 heavy (non-hydrogen) atoms. The Labute approximate surface area is 341 Å². The monoisotopic (exact) mass is 1130 g/mol. The Morgan fingerprint density at radius 1 is 0.482 bits per heavy atom. The molecule has 0 aromatic heterocycles. The first-order valence-corrected chi connectivity index (χ1v) is 18.2. The number of benzene rings is 3. The van der Waals surface area contributed by atoms with Crippen molar-refractivity contribution in [3.05, 3.63) is 108 Å². The Morgan fingerprint density at radius 2 is 0.607 bits per heavy atom. The molecular weight excluding hydrogens is 1060 g/mol. The molecule has 0 radical (unpaired) electrons. The molecule has 15 heteroatoms. The van der Waals surface area contributed by atoms with Gasteiger partial charge in [-0.3, -0.25) is 0 Å². The summed E-state index contributed by atoms with van der Waals surface area (Å²) in [5.41, 5.74) is -7.80. The summed E-state index contributed by atoms with van der Waals surface area (Å²) in [6, 6.07) is 22.4. The number of thioether (sulfide) groups is 1. The van der Waals surface area contributed by atoms with E-state index in [2.05, 4.69) is 25.8 Å². The van der Waals surface area contributed by atoms with Crippen LogP contribution in [0.1, 0.15) is 110 Å². The van der Waals surface area contributed by atoms with Crippen LogP contribution in [-0.4, -0.2) is 42.3 Å². The molecular formula is C41H71F9O2RfS3-2. The zero-order chi connectivity index (χ0) is 39.3. The molecule has 332 valence electrons. The third kappa shape index (κ3) is 28.1. The minimum Gasteiger partial charge on any atom is -0.796 e. The summed E-state index contributed by atoms with van der Waals surface area (Å²) in [6.07, 6.45) is 4.76. The molecule has 0 heterocycles. The smallest absolute Gasteiger partial charge is 0.282 e. The number of rotatable bonds is 7. The molecule has 3 aromatic carbocycles. The zero-order valence-electron chi connectivity index (χ0n) is 30.0. The van der Waals surface area contributed by atoms with Crippen LogP contribution in [0.2, 0.25) is 0 Å². The van der Waals surface area contributed by atoms with Gasteiger partial charge in [0.2, 0.25) is 0 Å². The first-order valence-electron chi connectivity index (χ1n) is 14.5. The van der Waals surface area contributed by atoms with Gasteiger partial charge in [-0.25, -0.2) is 39.5 Å². The fourth-order valence-corrected chi connectivity index (χ4v) is 3.01. The van der Waals surface area contributed by atoms with Crippen molar-refractivity contribution in [3.63, 3.8) is 0 Å². The first-order chi connectivity index (χ1) is 22.2. The van der Waals surface area contributed by atoms with Crippen molar-refractivity contribution >= 4 is 35.1 Å². The first kappa shape index (κ1) is 77.2. The summed E-state index contributed by atoms with van der Waals surface area (Å²) in [7, 11) is -1.86. The van der Waals surface area contributed by atoms with E-state index in [4.69, 9.17) is 8.42 Å². The summed E-state index contributed by atoms with van der Waals surface area (Å²) in [5.74, 6) is -8.86. The predicted octanol–water partition coefficient (Wildman–Crippen LogP) is 15.9. The number of alkyl halides is 9. The van der Waals surface area contributed by atoms with E-state index in [1.807, 2.05) is 11.8 Å². The average Bonchev–Trinajstić information content (AvgIpc) is 3.02. The summed E-state index contributed by atoms with van der Waals surface area (Å²) >= 11 is 5.94. The van der Waals surface area contributed by atoms with E-state index in [-0.39, 0.29) is 61.3 Å². The number of halogens is 9. The molecule has 0 N–H and O–H groups in total. The Bertz CT molecular complexity index is 1180. The van der Waals surface area contributed by atoms with Crippen molar-refractivity contribution in [2.75, 3.05) is 24.5 Å². The molecule has 0 aliphatic rings. The second kappa shape index (κ2) is 34.9. The van der Waals surface area contributed by atoms with Crippen molar-refractivity contribution in [1.82, 2.24) is 0 Å². The van der Waals surface area contributed by atoms with Gasteiger partial charge < -0.3 is 21.0 Å². The Balaban J connectivity index is -0.0000000599. The molecule has 3 aromatic rings. The van der Waals surface area contributed by atoms with Gasteiger partial charge >= 0.3 is 0 Å². The number of hydrogen-bond donors (Lipinski definition) is 0. The molecule has 0 bridgehead atoms. The van der Waals surface area contributed by atoms with Gasteiger partial charge in [0.15, 0.2) is 17.0 Å². The quantitative estimate of drug-likeness (QED) is 0.174. The van der Waals surface area contributed by atoms with Gasteiger partial charge in [0, 0.05) is 20.8 Å². The van der Waals surface area contributed by atoms with Gasteiger partial charge in [-0.1, -0.05) is 159 Å². The zero-order valence-corrected chi connectivity index (χ0v) is 38.9. The average molecular weight is 1130 g/mol. The van der Waals surface area contributed by atoms with Gasteiger partial charge in [-0.2, -0.15) is 18.0 Å². The van der Waals surface area contributed by atoms with E-state index in [0.717, 1.165) is 27.0 Å². The van der Waals surface area contributed by atoms with Crippen LogP contribution < -0.4 is 0 Å². The van der Waals surface area contributed by atoms with Gasteiger partial charge in [-0.05, 0) is 49.5 Å². The molecule has 0 aliphatic heterocycles. The van der Waals surface area contributed by atoms with E-state index < -0.39 is 45.5 Å². The van der Waals surface area contributed by atoms with Crippen LogP contribution in [0.25, 0.3) is 0 Å². The Hall–Kier alpha value is -3.32. The van der Waals surface area contributed by atoms with E-state index in [9.17, 15) is 39.5 Å². The van der Waals surface area contributed by atoms with E-state index in [1.54, 1.807) is 60.9 Å². The van der Waals surface area contributed by atoms with Crippen molar-refractivity contribution in [2.24, 2.45) is 0 Å². The minimum absolute atomic E-state index is 0. The Kier molecular flexibility index (Phi) is 48.1. The summed E-state index contributed by atoms with van der Waals surface area (Å²) < 4.78 is 136. The van der Waals surface area contributed by atoms with E-state index >= 15 is 0 Å². The molecule has 3 rings (SSSR count). The Morgan fingerprint density at radius 3 is 0.696 bits per heavy atom. The van der Waals surface area contributed by atoms with Gasteiger partial charge in [0.1, 0.15) is 0 Å². The molecule has 3 atom stereocenters. The standard InChI is InChI=1S/3C10H11F3.C3H8S.CH3O2S.CH4S.6CH4.Rf/c3*1-9(11,10(2,12)13)8-6-4-3-5-7-8;1-3-4-2;1-4(2)3;1-2;;;;;;;/h3*3-7H,1-2H3;3H2,1-2H3;1H3;2H,1H3;6*1H4;/q;;;;-1;;;;;;;;/p-1. The minimum atomic E-state index is -3.37. The third-order valence-corrected chi connectivity index (χ3v) is 7.29. The molecule has 0 fully saturated rings. The van der Waals surface area contributed by atoms with Gasteiger partial charge in [0.25, 0.3) is 17.8 Å². The molecule has 0 aliphatic carbocycles. The fraction of sp³-hybridized carbons (Fsp3) is 0.561. The third-order valence-electron chi connectivity index (χ3n) is 6.71. The van der Waals surface area contributed by atoms with Crippen LogP contribution in [0, 0.1) is 0 Å². The van der Waals surface area contributed by atoms with Crippen LogP contribution >= 0.6 is 11.8 Å². The maximum absolute atomic E-state index is 13.6. The van der Waals surface area contributed by atoms with Crippen LogP contribution in [0.3, 0.4) is 0 Å².